The van der Waals surface area contributed by atoms with Gasteiger partial charge in [0, 0.05) is 6.54 Å². The van der Waals surface area contributed by atoms with Crippen LogP contribution in [-0.4, -0.2) is 39.9 Å². The molecule has 8 heteroatoms. The SMILES string of the molecule is CCNC(=O)NC1(c2nnnn2-c2ccc(OC)cc2)CCCCC1. The van der Waals surface area contributed by atoms with E-state index in [4.69, 9.17) is 4.74 Å². The lowest BCUT2D eigenvalue weighted by Crippen LogP contribution is -2.52. The van der Waals surface area contributed by atoms with E-state index in [-0.39, 0.29) is 6.03 Å². The summed E-state index contributed by atoms with van der Waals surface area (Å²) in [6.45, 7) is 2.47. The van der Waals surface area contributed by atoms with Crippen molar-refractivity contribution in [2.75, 3.05) is 13.7 Å². The summed E-state index contributed by atoms with van der Waals surface area (Å²) in [7, 11) is 1.63. The van der Waals surface area contributed by atoms with Gasteiger partial charge < -0.3 is 15.4 Å². The molecule has 1 aromatic heterocycles. The van der Waals surface area contributed by atoms with Crippen molar-refractivity contribution in [3.05, 3.63) is 30.1 Å². The van der Waals surface area contributed by atoms with E-state index in [1.54, 1.807) is 11.8 Å². The molecule has 0 radical (unpaired) electrons. The summed E-state index contributed by atoms with van der Waals surface area (Å²) < 4.78 is 6.91. The maximum absolute atomic E-state index is 12.2. The van der Waals surface area contributed by atoms with Crippen molar-refractivity contribution in [3.8, 4) is 11.4 Å². The standard InChI is InChI=1S/C17H24N6O2/c1-3-18-16(24)19-17(11-5-4-6-12-17)15-20-21-22-23(15)13-7-9-14(25-2)10-8-13/h7-10H,3-6,11-12H2,1-2H3,(H2,18,19,24). The molecule has 1 saturated carbocycles. The Balaban J connectivity index is 1.96. The fourth-order valence-electron chi connectivity index (χ4n) is 3.36. The van der Waals surface area contributed by atoms with Crippen LogP contribution >= 0.6 is 0 Å². The van der Waals surface area contributed by atoms with Crippen LogP contribution in [0.1, 0.15) is 44.9 Å². The lowest BCUT2D eigenvalue weighted by atomic mass is 9.81. The molecular weight excluding hydrogens is 320 g/mol. The number of urea groups is 1. The first-order valence-electron chi connectivity index (χ1n) is 8.68. The van der Waals surface area contributed by atoms with E-state index in [1.165, 1.54) is 0 Å². The fraction of sp³-hybridized carbons (Fsp3) is 0.529. The zero-order chi connectivity index (χ0) is 17.7. The highest BCUT2D eigenvalue weighted by atomic mass is 16.5. The zero-order valence-corrected chi connectivity index (χ0v) is 14.7. The molecule has 134 valence electrons. The number of rotatable bonds is 5. The molecule has 1 fully saturated rings. The number of tetrazole rings is 1. The first kappa shape index (κ1) is 17.2. The Kier molecular flexibility index (Phi) is 5.16. The largest absolute Gasteiger partial charge is 0.497 e. The average Bonchev–Trinajstić information content (AvgIpc) is 3.13. The van der Waals surface area contributed by atoms with Gasteiger partial charge in [0.1, 0.15) is 11.3 Å². The predicted molar refractivity (Wildman–Crippen MR) is 92.7 cm³/mol. The number of aromatic nitrogens is 4. The molecule has 0 saturated heterocycles. The van der Waals surface area contributed by atoms with Crippen molar-refractivity contribution < 1.29 is 9.53 Å². The van der Waals surface area contributed by atoms with Gasteiger partial charge in [-0.3, -0.25) is 0 Å². The summed E-state index contributed by atoms with van der Waals surface area (Å²) in [6, 6.07) is 7.36. The second-order valence-corrected chi connectivity index (χ2v) is 6.24. The molecule has 1 heterocycles. The third kappa shape index (κ3) is 3.57. The van der Waals surface area contributed by atoms with Crippen LogP contribution in [0.25, 0.3) is 5.69 Å². The highest BCUT2D eigenvalue weighted by Crippen LogP contribution is 2.36. The second-order valence-electron chi connectivity index (χ2n) is 6.24. The number of amides is 2. The van der Waals surface area contributed by atoms with Gasteiger partial charge in [-0.2, -0.15) is 4.68 Å². The van der Waals surface area contributed by atoms with Crippen LogP contribution in [0.15, 0.2) is 24.3 Å². The molecule has 2 amide bonds. The first-order valence-corrected chi connectivity index (χ1v) is 8.68. The number of hydrogen-bond acceptors (Lipinski definition) is 5. The van der Waals surface area contributed by atoms with Crippen LogP contribution in [0, 0.1) is 0 Å². The minimum Gasteiger partial charge on any atom is -0.497 e. The van der Waals surface area contributed by atoms with Crippen LogP contribution in [0.3, 0.4) is 0 Å². The Morgan fingerprint density at radius 3 is 2.60 bits per heavy atom. The molecule has 0 unspecified atom stereocenters. The Bertz CT molecular complexity index is 706. The van der Waals surface area contributed by atoms with Gasteiger partial charge in [-0.1, -0.05) is 19.3 Å². The van der Waals surface area contributed by atoms with Crippen molar-refractivity contribution in [1.29, 1.82) is 0 Å². The number of nitrogens with zero attached hydrogens (tertiary/aromatic N) is 4. The van der Waals surface area contributed by atoms with Crippen LogP contribution in [0.2, 0.25) is 0 Å². The van der Waals surface area contributed by atoms with Gasteiger partial charge in [0.15, 0.2) is 5.82 Å². The number of hydrogen-bond donors (Lipinski definition) is 2. The van der Waals surface area contributed by atoms with Crippen molar-refractivity contribution in [1.82, 2.24) is 30.8 Å². The van der Waals surface area contributed by atoms with Gasteiger partial charge >= 0.3 is 6.03 Å². The van der Waals surface area contributed by atoms with Gasteiger partial charge in [0.25, 0.3) is 0 Å². The molecule has 0 atom stereocenters. The maximum atomic E-state index is 12.2. The van der Waals surface area contributed by atoms with E-state index in [0.29, 0.717) is 12.4 Å². The zero-order valence-electron chi connectivity index (χ0n) is 14.7. The van der Waals surface area contributed by atoms with Crippen molar-refractivity contribution in [2.45, 2.75) is 44.6 Å². The van der Waals surface area contributed by atoms with Crippen LogP contribution < -0.4 is 15.4 Å². The molecule has 1 aliphatic carbocycles. The molecule has 0 bridgehead atoms. The third-order valence-electron chi connectivity index (χ3n) is 4.61. The van der Waals surface area contributed by atoms with E-state index in [9.17, 15) is 4.79 Å². The van der Waals surface area contributed by atoms with Crippen molar-refractivity contribution >= 4 is 6.03 Å². The van der Waals surface area contributed by atoms with E-state index in [1.807, 2.05) is 31.2 Å². The van der Waals surface area contributed by atoms with Gasteiger partial charge in [0.05, 0.1) is 12.8 Å². The quantitative estimate of drug-likeness (QED) is 0.867. The molecule has 2 aromatic rings. The summed E-state index contributed by atoms with van der Waals surface area (Å²) in [5.41, 5.74) is 0.282. The Hall–Kier alpha value is -2.64. The third-order valence-corrected chi connectivity index (χ3v) is 4.61. The van der Waals surface area contributed by atoms with Crippen molar-refractivity contribution in [3.63, 3.8) is 0 Å². The fourth-order valence-corrected chi connectivity index (χ4v) is 3.36. The monoisotopic (exact) mass is 344 g/mol. The van der Waals surface area contributed by atoms with Crippen molar-refractivity contribution in [2.24, 2.45) is 0 Å². The Morgan fingerprint density at radius 2 is 1.96 bits per heavy atom. The number of benzene rings is 1. The van der Waals surface area contributed by atoms with E-state index >= 15 is 0 Å². The minimum absolute atomic E-state index is 0.186. The highest BCUT2D eigenvalue weighted by molar-refractivity contribution is 5.74. The van der Waals surface area contributed by atoms with Crippen LogP contribution in [0.5, 0.6) is 5.75 Å². The molecule has 25 heavy (non-hydrogen) atoms. The van der Waals surface area contributed by atoms with Crippen LogP contribution in [0.4, 0.5) is 4.79 Å². The first-order chi connectivity index (χ1) is 12.2. The minimum atomic E-state index is -0.555. The predicted octanol–water partition coefficient (Wildman–Crippen LogP) is 2.15. The highest BCUT2D eigenvalue weighted by Gasteiger charge is 2.40. The van der Waals surface area contributed by atoms with Gasteiger partial charge in [0.2, 0.25) is 0 Å². The molecule has 8 nitrogen and oxygen atoms in total. The number of carbonyl (C=O) groups is 1. The average molecular weight is 344 g/mol. The smallest absolute Gasteiger partial charge is 0.315 e. The number of nitrogens with one attached hydrogen (secondary N) is 2. The lowest BCUT2D eigenvalue weighted by Gasteiger charge is -2.36. The van der Waals surface area contributed by atoms with Gasteiger partial charge in [-0.25, -0.2) is 4.79 Å². The number of methoxy groups -OCH3 is 1. The molecule has 1 aliphatic rings. The molecule has 1 aromatic carbocycles. The summed E-state index contributed by atoms with van der Waals surface area (Å²) in [5.74, 6) is 1.44. The van der Waals surface area contributed by atoms with E-state index in [0.717, 1.165) is 43.5 Å². The summed E-state index contributed by atoms with van der Waals surface area (Å²) in [4.78, 5) is 12.2. The maximum Gasteiger partial charge on any atom is 0.315 e. The Labute approximate surface area is 146 Å². The molecule has 2 N–H and O–H groups in total. The number of carbonyl (C=O) groups excluding carboxylic acids is 1. The topological polar surface area (TPSA) is 94.0 Å². The summed E-state index contributed by atoms with van der Waals surface area (Å²) in [6.07, 6.45) is 4.86. The van der Waals surface area contributed by atoms with Crippen LogP contribution in [-0.2, 0) is 5.54 Å². The molecular formula is C17H24N6O2. The lowest BCUT2D eigenvalue weighted by molar-refractivity contribution is 0.195. The summed E-state index contributed by atoms with van der Waals surface area (Å²) in [5, 5.41) is 18.2. The molecule has 0 aliphatic heterocycles. The Morgan fingerprint density at radius 1 is 1.24 bits per heavy atom. The second kappa shape index (κ2) is 7.50. The normalized spacial score (nSPS) is 16.2. The van der Waals surface area contributed by atoms with E-state index in [2.05, 4.69) is 26.2 Å². The number of ether oxygens (including phenoxy) is 1. The molecule has 0 spiro atoms. The molecule has 3 rings (SSSR count). The summed E-state index contributed by atoms with van der Waals surface area (Å²) >= 11 is 0. The van der Waals surface area contributed by atoms with Gasteiger partial charge in [-0.15, -0.1) is 5.10 Å². The van der Waals surface area contributed by atoms with E-state index < -0.39 is 5.54 Å². The van der Waals surface area contributed by atoms with Gasteiger partial charge in [-0.05, 0) is 54.5 Å².